The third kappa shape index (κ3) is 2.82. The van der Waals surface area contributed by atoms with E-state index in [0.29, 0.717) is 6.61 Å². The zero-order chi connectivity index (χ0) is 15.0. The second kappa shape index (κ2) is 5.12. The van der Waals surface area contributed by atoms with Crippen molar-refractivity contribution in [3.63, 3.8) is 0 Å². The van der Waals surface area contributed by atoms with Gasteiger partial charge < -0.3 is 4.74 Å². The first-order chi connectivity index (χ1) is 9.24. The molecule has 7 nitrogen and oxygen atoms in total. The highest BCUT2D eigenvalue weighted by Gasteiger charge is 2.41. The van der Waals surface area contributed by atoms with Crippen molar-refractivity contribution in [2.75, 3.05) is 13.3 Å². The topological polar surface area (TPSA) is 89.8 Å². The van der Waals surface area contributed by atoms with Crippen molar-refractivity contribution in [3.8, 4) is 0 Å². The molecule has 1 aromatic carbocycles. The Morgan fingerprint density at radius 1 is 1.40 bits per heavy atom. The van der Waals surface area contributed by atoms with E-state index in [-0.39, 0.29) is 18.0 Å². The summed E-state index contributed by atoms with van der Waals surface area (Å²) in [5.74, 6) is -0.406. The van der Waals surface area contributed by atoms with Gasteiger partial charge in [0.15, 0.2) is 0 Å². The number of nitro benzene ring substituents is 1. The minimum atomic E-state index is -3.67. The highest BCUT2D eigenvalue weighted by atomic mass is 32.2. The van der Waals surface area contributed by atoms with Gasteiger partial charge >= 0.3 is 0 Å². The molecule has 1 fully saturated rings. The van der Waals surface area contributed by atoms with Gasteiger partial charge in [0.1, 0.15) is 6.73 Å². The van der Waals surface area contributed by atoms with E-state index in [0.717, 1.165) is 0 Å². The number of hydrogen-bond donors (Lipinski definition) is 0. The molecule has 0 aliphatic carbocycles. The minimum absolute atomic E-state index is 0.0179. The Morgan fingerprint density at radius 2 is 2.05 bits per heavy atom. The maximum Gasteiger partial charge on any atom is 0.273 e. The number of nitro groups is 1. The number of hydrogen-bond acceptors (Lipinski definition) is 5. The molecule has 20 heavy (non-hydrogen) atoms. The van der Waals surface area contributed by atoms with Gasteiger partial charge in [-0.15, -0.1) is 0 Å². The highest BCUT2D eigenvalue weighted by molar-refractivity contribution is 7.88. The van der Waals surface area contributed by atoms with Crippen molar-refractivity contribution in [2.45, 2.75) is 25.1 Å². The predicted octanol–water partition coefficient (Wildman–Crippen LogP) is 1.49. The second-order valence-corrected chi connectivity index (χ2v) is 7.17. The first kappa shape index (κ1) is 14.9. The zero-order valence-electron chi connectivity index (χ0n) is 11.3. The monoisotopic (exact) mass is 300 g/mol. The molecule has 0 atom stereocenters. The Kier molecular flexibility index (Phi) is 3.81. The maximum absolute atomic E-state index is 12.4. The van der Waals surface area contributed by atoms with Crippen LogP contribution in [-0.4, -0.2) is 36.5 Å². The van der Waals surface area contributed by atoms with E-state index >= 15 is 0 Å². The van der Waals surface area contributed by atoms with Crippen LogP contribution in [-0.2, 0) is 20.5 Å². The number of para-hydroxylation sites is 1. The molecule has 8 heteroatoms. The summed E-state index contributed by atoms with van der Waals surface area (Å²) in [6.07, 6.45) is 0. The third-order valence-corrected chi connectivity index (χ3v) is 5.15. The van der Waals surface area contributed by atoms with Crippen LogP contribution < -0.4 is 0 Å². The van der Waals surface area contributed by atoms with E-state index in [9.17, 15) is 18.5 Å². The normalized spacial score (nSPS) is 19.1. The van der Waals surface area contributed by atoms with Crippen LogP contribution in [0.3, 0.4) is 0 Å². The van der Waals surface area contributed by atoms with Crippen molar-refractivity contribution in [1.82, 2.24) is 4.31 Å². The second-order valence-electron chi connectivity index (χ2n) is 5.28. The summed E-state index contributed by atoms with van der Waals surface area (Å²) >= 11 is 0. The SMILES string of the molecule is CC1(C)COCN1S(=O)(=O)Cc1ccccc1[N+](=O)[O-]. The molecular formula is C12H16N2O5S. The fourth-order valence-corrected chi connectivity index (χ4v) is 4.00. The fraction of sp³-hybridized carbons (Fsp3) is 0.500. The Balaban J connectivity index is 2.32. The summed E-state index contributed by atoms with van der Waals surface area (Å²) < 4.78 is 31.3. The molecule has 0 amide bonds. The predicted molar refractivity (Wildman–Crippen MR) is 72.5 cm³/mol. The van der Waals surface area contributed by atoms with E-state index in [1.54, 1.807) is 19.9 Å². The lowest BCUT2D eigenvalue weighted by Crippen LogP contribution is -2.44. The van der Waals surface area contributed by atoms with Crippen LogP contribution in [0.4, 0.5) is 5.69 Å². The summed E-state index contributed by atoms with van der Waals surface area (Å²) in [4.78, 5) is 10.4. The third-order valence-electron chi connectivity index (χ3n) is 3.20. The average Bonchev–Trinajstić information content (AvgIpc) is 2.69. The zero-order valence-corrected chi connectivity index (χ0v) is 12.1. The van der Waals surface area contributed by atoms with Gasteiger partial charge in [-0.2, -0.15) is 4.31 Å². The van der Waals surface area contributed by atoms with Crippen LogP contribution in [0.25, 0.3) is 0 Å². The number of benzene rings is 1. The summed E-state index contributed by atoms with van der Waals surface area (Å²) in [7, 11) is -3.67. The first-order valence-corrected chi connectivity index (χ1v) is 7.65. The number of ether oxygens (including phenoxy) is 1. The summed E-state index contributed by atoms with van der Waals surface area (Å²) in [6.45, 7) is 3.81. The van der Waals surface area contributed by atoms with Crippen molar-refractivity contribution >= 4 is 15.7 Å². The van der Waals surface area contributed by atoms with E-state index < -0.39 is 26.2 Å². The lowest BCUT2D eigenvalue weighted by atomic mass is 10.1. The first-order valence-electron chi connectivity index (χ1n) is 6.04. The van der Waals surface area contributed by atoms with Crippen LogP contribution in [0.1, 0.15) is 19.4 Å². The molecule has 0 spiro atoms. The average molecular weight is 300 g/mol. The molecular weight excluding hydrogens is 284 g/mol. The van der Waals surface area contributed by atoms with Crippen molar-refractivity contribution in [1.29, 1.82) is 0 Å². The molecule has 0 N–H and O–H groups in total. The number of rotatable bonds is 4. The van der Waals surface area contributed by atoms with Gasteiger partial charge in [0.05, 0.1) is 22.8 Å². The Morgan fingerprint density at radius 3 is 2.60 bits per heavy atom. The molecule has 0 unspecified atom stereocenters. The Labute approximate surface area is 117 Å². The van der Waals surface area contributed by atoms with Crippen LogP contribution in [0.5, 0.6) is 0 Å². The number of nitrogens with zero attached hydrogens (tertiary/aromatic N) is 2. The number of sulfonamides is 1. The van der Waals surface area contributed by atoms with Gasteiger partial charge in [0, 0.05) is 11.6 Å². The van der Waals surface area contributed by atoms with Crippen LogP contribution in [0.2, 0.25) is 0 Å². The largest absolute Gasteiger partial charge is 0.363 e. The maximum atomic E-state index is 12.4. The Bertz CT molecular complexity index is 626. The fourth-order valence-electron chi connectivity index (χ4n) is 2.17. The molecule has 0 radical (unpaired) electrons. The summed E-state index contributed by atoms with van der Waals surface area (Å²) in [5, 5.41) is 10.9. The van der Waals surface area contributed by atoms with Gasteiger partial charge in [0.25, 0.3) is 5.69 Å². The van der Waals surface area contributed by atoms with Gasteiger partial charge in [-0.1, -0.05) is 18.2 Å². The molecule has 0 saturated carbocycles. The standard InChI is InChI=1S/C12H16N2O5S/c1-12(2)8-19-9-13(12)20(17,18)7-10-5-3-4-6-11(10)14(15)16/h3-6H,7-9H2,1-2H3. The minimum Gasteiger partial charge on any atom is -0.363 e. The van der Waals surface area contributed by atoms with Crippen molar-refractivity contribution < 1.29 is 18.1 Å². The van der Waals surface area contributed by atoms with Gasteiger partial charge in [-0.25, -0.2) is 8.42 Å². The molecule has 2 rings (SSSR count). The molecule has 110 valence electrons. The smallest absolute Gasteiger partial charge is 0.273 e. The quantitative estimate of drug-likeness (QED) is 0.621. The highest BCUT2D eigenvalue weighted by Crippen LogP contribution is 2.29. The molecule has 0 aromatic heterocycles. The van der Waals surface area contributed by atoms with E-state index in [4.69, 9.17) is 4.74 Å². The molecule has 1 saturated heterocycles. The van der Waals surface area contributed by atoms with Gasteiger partial charge in [-0.05, 0) is 13.8 Å². The van der Waals surface area contributed by atoms with Gasteiger partial charge in [0.2, 0.25) is 10.0 Å². The van der Waals surface area contributed by atoms with Crippen molar-refractivity contribution in [3.05, 3.63) is 39.9 Å². The molecule has 1 aliphatic rings. The Hall–Kier alpha value is -1.51. The van der Waals surface area contributed by atoms with Gasteiger partial charge in [-0.3, -0.25) is 10.1 Å². The van der Waals surface area contributed by atoms with E-state index in [2.05, 4.69) is 0 Å². The molecule has 0 bridgehead atoms. The van der Waals surface area contributed by atoms with E-state index in [1.165, 1.54) is 22.5 Å². The van der Waals surface area contributed by atoms with Crippen molar-refractivity contribution in [2.24, 2.45) is 0 Å². The van der Waals surface area contributed by atoms with Crippen LogP contribution in [0, 0.1) is 10.1 Å². The lowest BCUT2D eigenvalue weighted by molar-refractivity contribution is -0.385. The van der Waals surface area contributed by atoms with Crippen LogP contribution in [0.15, 0.2) is 24.3 Å². The van der Waals surface area contributed by atoms with E-state index in [1.807, 2.05) is 0 Å². The lowest BCUT2D eigenvalue weighted by Gasteiger charge is -2.28. The molecule has 1 aliphatic heterocycles. The molecule has 1 heterocycles. The molecule has 1 aromatic rings. The summed E-state index contributed by atoms with van der Waals surface area (Å²) in [5.41, 5.74) is -0.642. The summed E-state index contributed by atoms with van der Waals surface area (Å²) in [6, 6.07) is 5.86. The van der Waals surface area contributed by atoms with Crippen LogP contribution >= 0.6 is 0 Å².